The van der Waals surface area contributed by atoms with Gasteiger partial charge in [0.05, 0.1) is 6.04 Å². The van der Waals surface area contributed by atoms with Gasteiger partial charge in [-0.2, -0.15) is 0 Å². The van der Waals surface area contributed by atoms with Crippen LogP contribution in [-0.4, -0.2) is 76.9 Å². The molecule has 0 aliphatic carbocycles. The number of hydrogen-bond acceptors (Lipinski definition) is 6. The number of amides is 3. The number of aliphatic carboxylic acids is 1. The van der Waals surface area contributed by atoms with E-state index in [-0.39, 0.29) is 31.3 Å². The smallest absolute Gasteiger partial charge is 0.326 e. The van der Waals surface area contributed by atoms with E-state index < -0.39 is 47.9 Å². The van der Waals surface area contributed by atoms with Crippen molar-refractivity contribution < 1.29 is 24.3 Å². The van der Waals surface area contributed by atoms with Gasteiger partial charge < -0.3 is 37.8 Å². The van der Waals surface area contributed by atoms with Crippen molar-refractivity contribution in [3.8, 4) is 0 Å². The molecule has 5 atom stereocenters. The Morgan fingerprint density at radius 2 is 1.82 bits per heavy atom. The maximum atomic E-state index is 13.4. The van der Waals surface area contributed by atoms with Crippen molar-refractivity contribution in [2.75, 3.05) is 13.1 Å². The SMILES string of the molecule is CCC(C)C(NC(=O)C(CCCN=C(N)N)NC(=O)C(N)Cc1ccccc1)C(=O)N1CCCC1C(=O)O. The predicted molar refractivity (Wildman–Crippen MR) is 144 cm³/mol. The van der Waals surface area contributed by atoms with Crippen LogP contribution in [0.4, 0.5) is 0 Å². The van der Waals surface area contributed by atoms with Gasteiger partial charge in [-0.05, 0) is 43.6 Å². The molecule has 1 heterocycles. The van der Waals surface area contributed by atoms with E-state index in [2.05, 4.69) is 15.6 Å². The lowest BCUT2D eigenvalue weighted by atomic mass is 9.96. The fourth-order valence-electron chi connectivity index (χ4n) is 4.41. The summed E-state index contributed by atoms with van der Waals surface area (Å²) in [4.78, 5) is 56.6. The lowest BCUT2D eigenvalue weighted by Gasteiger charge is -2.31. The molecule has 5 unspecified atom stereocenters. The number of nitrogens with two attached hydrogens (primary N) is 3. The molecule has 1 fully saturated rings. The molecule has 9 N–H and O–H groups in total. The first-order valence-corrected chi connectivity index (χ1v) is 13.0. The molecule has 0 saturated carbocycles. The molecule has 1 saturated heterocycles. The Hall–Kier alpha value is -3.67. The number of carboxylic acids is 1. The molecule has 38 heavy (non-hydrogen) atoms. The fraction of sp³-hybridized carbons (Fsp3) is 0.577. The highest BCUT2D eigenvalue weighted by Gasteiger charge is 2.39. The Morgan fingerprint density at radius 1 is 1.13 bits per heavy atom. The van der Waals surface area contributed by atoms with E-state index in [0.29, 0.717) is 32.2 Å². The number of nitrogens with one attached hydrogen (secondary N) is 2. The largest absolute Gasteiger partial charge is 0.480 e. The second kappa shape index (κ2) is 14.9. The van der Waals surface area contributed by atoms with Crippen LogP contribution in [0.2, 0.25) is 0 Å². The van der Waals surface area contributed by atoms with Gasteiger partial charge in [-0.3, -0.25) is 19.4 Å². The zero-order valence-electron chi connectivity index (χ0n) is 22.1. The zero-order valence-corrected chi connectivity index (χ0v) is 22.1. The molecular formula is C26H41N7O5. The molecule has 1 aromatic carbocycles. The number of rotatable bonds is 14. The van der Waals surface area contributed by atoms with Crippen LogP contribution in [-0.2, 0) is 25.6 Å². The van der Waals surface area contributed by atoms with Gasteiger partial charge in [-0.1, -0.05) is 50.6 Å². The Bertz CT molecular complexity index is 983. The summed E-state index contributed by atoms with van der Waals surface area (Å²) < 4.78 is 0. The summed E-state index contributed by atoms with van der Waals surface area (Å²) in [6, 6.07) is 5.53. The van der Waals surface area contributed by atoms with Gasteiger partial charge in [0, 0.05) is 13.1 Å². The predicted octanol–water partition coefficient (Wildman–Crippen LogP) is -0.299. The third-order valence-electron chi connectivity index (χ3n) is 6.81. The molecule has 0 bridgehead atoms. The molecule has 12 heteroatoms. The van der Waals surface area contributed by atoms with Crippen molar-refractivity contribution in [2.24, 2.45) is 28.1 Å². The summed E-state index contributed by atoms with van der Waals surface area (Å²) in [6.07, 6.45) is 2.40. The molecule has 3 amide bonds. The molecule has 1 aliphatic heterocycles. The first kappa shape index (κ1) is 30.6. The Kier molecular flexibility index (Phi) is 12.0. The standard InChI is InChI=1S/C26H41N7O5/c1-3-16(2)21(24(36)33-14-8-12-20(33)25(37)38)32-23(35)19(11-7-13-30-26(28)29)31-22(34)18(27)15-17-9-5-4-6-10-17/h4-6,9-10,16,18-21H,3,7-8,11-15,27H2,1-2H3,(H,31,34)(H,32,35)(H,37,38)(H4,28,29,30). The van der Waals surface area contributed by atoms with E-state index in [4.69, 9.17) is 17.2 Å². The van der Waals surface area contributed by atoms with Crippen LogP contribution in [0.5, 0.6) is 0 Å². The fourth-order valence-corrected chi connectivity index (χ4v) is 4.41. The third-order valence-corrected chi connectivity index (χ3v) is 6.81. The lowest BCUT2D eigenvalue weighted by Crippen LogP contribution is -2.58. The van der Waals surface area contributed by atoms with Crippen molar-refractivity contribution in [2.45, 2.75) is 76.5 Å². The van der Waals surface area contributed by atoms with Crippen molar-refractivity contribution in [1.29, 1.82) is 0 Å². The molecule has 2 rings (SSSR count). The average molecular weight is 532 g/mol. The number of likely N-dealkylation sites (tertiary alicyclic amines) is 1. The molecule has 0 spiro atoms. The summed E-state index contributed by atoms with van der Waals surface area (Å²) in [5, 5.41) is 15.0. The number of carbonyl (C=O) groups is 4. The quantitative estimate of drug-likeness (QED) is 0.106. The Labute approximate surface area is 223 Å². The van der Waals surface area contributed by atoms with E-state index in [1.165, 1.54) is 4.90 Å². The summed E-state index contributed by atoms with van der Waals surface area (Å²) in [5.41, 5.74) is 17.8. The molecule has 1 aromatic rings. The van der Waals surface area contributed by atoms with Crippen LogP contribution in [0.3, 0.4) is 0 Å². The van der Waals surface area contributed by atoms with E-state index in [1.54, 1.807) is 0 Å². The topological polar surface area (TPSA) is 206 Å². The Balaban J connectivity index is 2.17. The molecule has 0 aromatic heterocycles. The van der Waals surface area contributed by atoms with Crippen LogP contribution in [0.15, 0.2) is 35.3 Å². The summed E-state index contributed by atoms with van der Waals surface area (Å²) in [7, 11) is 0. The maximum Gasteiger partial charge on any atom is 0.326 e. The lowest BCUT2D eigenvalue weighted by molar-refractivity contribution is -0.150. The normalized spacial score (nSPS) is 18.1. The highest BCUT2D eigenvalue weighted by Crippen LogP contribution is 2.21. The molecule has 12 nitrogen and oxygen atoms in total. The van der Waals surface area contributed by atoms with Crippen molar-refractivity contribution in [3.63, 3.8) is 0 Å². The number of nitrogens with zero attached hydrogens (tertiary/aromatic N) is 2. The zero-order chi connectivity index (χ0) is 28.2. The number of carbonyl (C=O) groups excluding carboxylic acids is 3. The monoisotopic (exact) mass is 531 g/mol. The van der Waals surface area contributed by atoms with Crippen molar-refractivity contribution >= 4 is 29.7 Å². The summed E-state index contributed by atoms with van der Waals surface area (Å²) >= 11 is 0. The van der Waals surface area contributed by atoms with Gasteiger partial charge >= 0.3 is 5.97 Å². The molecular weight excluding hydrogens is 490 g/mol. The van der Waals surface area contributed by atoms with Gasteiger partial charge in [0.1, 0.15) is 18.1 Å². The van der Waals surface area contributed by atoms with E-state index in [9.17, 15) is 24.3 Å². The highest BCUT2D eigenvalue weighted by atomic mass is 16.4. The molecule has 210 valence electrons. The van der Waals surface area contributed by atoms with Crippen LogP contribution in [0.1, 0.15) is 51.5 Å². The minimum absolute atomic E-state index is 0.0825. The first-order chi connectivity index (χ1) is 18.0. The van der Waals surface area contributed by atoms with Crippen molar-refractivity contribution in [3.05, 3.63) is 35.9 Å². The van der Waals surface area contributed by atoms with Gasteiger partial charge in [0.25, 0.3) is 0 Å². The van der Waals surface area contributed by atoms with Crippen molar-refractivity contribution in [1.82, 2.24) is 15.5 Å². The van der Waals surface area contributed by atoms with Gasteiger partial charge in [0.2, 0.25) is 17.7 Å². The number of aliphatic imine (C=N–C) groups is 1. The third kappa shape index (κ3) is 9.02. The van der Waals surface area contributed by atoms with Crippen LogP contribution in [0, 0.1) is 5.92 Å². The second-order valence-electron chi connectivity index (χ2n) is 9.71. The number of hydrogen-bond donors (Lipinski definition) is 6. The van der Waals surface area contributed by atoms with Crippen LogP contribution >= 0.6 is 0 Å². The minimum Gasteiger partial charge on any atom is -0.480 e. The first-order valence-electron chi connectivity index (χ1n) is 13.0. The van der Waals surface area contributed by atoms with Gasteiger partial charge in [-0.25, -0.2) is 4.79 Å². The van der Waals surface area contributed by atoms with E-state index in [1.807, 2.05) is 44.2 Å². The summed E-state index contributed by atoms with van der Waals surface area (Å²) in [6.45, 7) is 4.26. The van der Waals surface area contributed by atoms with Crippen LogP contribution in [0.25, 0.3) is 0 Å². The number of benzene rings is 1. The van der Waals surface area contributed by atoms with Gasteiger partial charge in [0.15, 0.2) is 5.96 Å². The van der Waals surface area contributed by atoms with E-state index >= 15 is 0 Å². The minimum atomic E-state index is -1.07. The second-order valence-corrected chi connectivity index (χ2v) is 9.71. The number of guanidine groups is 1. The van der Waals surface area contributed by atoms with Crippen LogP contribution < -0.4 is 27.8 Å². The summed E-state index contributed by atoms with van der Waals surface area (Å²) in [5.74, 6) is -2.92. The number of carboxylic acid groups (broad SMARTS) is 1. The van der Waals surface area contributed by atoms with E-state index in [0.717, 1.165) is 5.56 Å². The molecule has 1 aliphatic rings. The molecule has 0 radical (unpaired) electrons. The Morgan fingerprint density at radius 3 is 2.42 bits per heavy atom. The average Bonchev–Trinajstić information content (AvgIpc) is 3.39. The maximum absolute atomic E-state index is 13.4. The highest BCUT2D eigenvalue weighted by molar-refractivity contribution is 5.94. The van der Waals surface area contributed by atoms with Gasteiger partial charge in [-0.15, -0.1) is 0 Å².